The highest BCUT2D eigenvalue weighted by Crippen LogP contribution is 2.44. The van der Waals surface area contributed by atoms with E-state index < -0.39 is 11.4 Å². The Morgan fingerprint density at radius 2 is 1.81 bits per heavy atom. The molecule has 188 valence electrons. The molecule has 0 N–H and O–H groups in total. The minimum atomic E-state index is -0.540. The van der Waals surface area contributed by atoms with E-state index in [2.05, 4.69) is 9.27 Å². The van der Waals surface area contributed by atoms with E-state index in [4.69, 9.17) is 21.1 Å². The number of anilines is 1. The predicted molar refractivity (Wildman–Crippen MR) is 144 cm³/mol. The number of piperazine rings is 1. The normalized spacial score (nSPS) is 14.5. The van der Waals surface area contributed by atoms with Crippen LogP contribution in [0.4, 0.5) is 14.2 Å². The van der Waals surface area contributed by atoms with Gasteiger partial charge >= 0.3 is 6.09 Å². The Hall–Kier alpha value is -3.10. The highest BCUT2D eigenvalue weighted by molar-refractivity contribution is 7.11. The third kappa shape index (κ3) is 4.55. The van der Waals surface area contributed by atoms with Gasteiger partial charge in [-0.1, -0.05) is 35.9 Å². The zero-order chi connectivity index (χ0) is 25.6. The summed E-state index contributed by atoms with van der Waals surface area (Å²) in [5, 5.41) is 3.64. The van der Waals surface area contributed by atoms with Gasteiger partial charge in [0.2, 0.25) is 0 Å². The van der Waals surface area contributed by atoms with Crippen LogP contribution >= 0.6 is 23.1 Å². The maximum atomic E-state index is 16.0. The van der Waals surface area contributed by atoms with Crippen molar-refractivity contribution in [1.82, 2.24) is 9.27 Å². The molecule has 1 aromatic heterocycles. The van der Waals surface area contributed by atoms with Gasteiger partial charge in [0.05, 0.1) is 12.1 Å². The Morgan fingerprint density at radius 3 is 2.50 bits per heavy atom. The van der Waals surface area contributed by atoms with Crippen molar-refractivity contribution >= 4 is 55.9 Å². The van der Waals surface area contributed by atoms with Gasteiger partial charge in [0.15, 0.2) is 5.82 Å². The van der Waals surface area contributed by atoms with E-state index >= 15 is 4.39 Å². The van der Waals surface area contributed by atoms with Crippen molar-refractivity contribution < 1.29 is 18.7 Å². The molecule has 1 amide bonds. The first-order valence-electron chi connectivity index (χ1n) is 11.7. The minimum absolute atomic E-state index is 0.288. The smallest absolute Gasteiger partial charge is 0.410 e. The molecule has 0 saturated carbocycles. The fourth-order valence-electron chi connectivity index (χ4n) is 4.50. The molecule has 4 aromatic rings. The van der Waals surface area contributed by atoms with E-state index in [-0.39, 0.29) is 11.6 Å². The van der Waals surface area contributed by atoms with Crippen LogP contribution in [0.25, 0.3) is 32.8 Å². The lowest BCUT2D eigenvalue weighted by molar-refractivity contribution is 0.0241. The van der Waals surface area contributed by atoms with Gasteiger partial charge in [0, 0.05) is 37.1 Å². The first-order valence-corrected chi connectivity index (χ1v) is 12.9. The molecular weight excluding hydrogens is 501 g/mol. The number of carbonyl (C=O) groups is 1. The SMILES string of the molecule is COc1cc(-c2c(Cl)cc3c(N4CCN(C(=O)OC(C)(C)C)CC4)snc3c2F)c2ccccc2c1. The molecule has 1 fully saturated rings. The van der Waals surface area contributed by atoms with Crippen molar-refractivity contribution in [3.63, 3.8) is 0 Å². The Bertz CT molecular complexity index is 1460. The molecule has 1 aliphatic rings. The van der Waals surface area contributed by atoms with Gasteiger partial charge in [-0.2, -0.15) is 4.37 Å². The Labute approximate surface area is 218 Å². The van der Waals surface area contributed by atoms with Crippen molar-refractivity contribution in [2.24, 2.45) is 0 Å². The summed E-state index contributed by atoms with van der Waals surface area (Å²) in [5.74, 6) is 0.173. The predicted octanol–water partition coefficient (Wildman–Crippen LogP) is 6.97. The molecule has 36 heavy (non-hydrogen) atoms. The maximum absolute atomic E-state index is 16.0. The van der Waals surface area contributed by atoms with Crippen LogP contribution in [0.15, 0.2) is 42.5 Å². The standard InChI is InChI=1S/C27H27ClFN3O3S/c1-27(2,3)35-26(33)32-11-9-31(10-12-32)25-20-15-21(28)22(23(29)24(20)30-36-25)19-14-17(34-4)13-16-7-5-6-8-18(16)19/h5-8,13-15H,9-12H2,1-4H3. The fourth-order valence-corrected chi connectivity index (χ4v) is 5.70. The van der Waals surface area contributed by atoms with Crippen molar-refractivity contribution in [3.8, 4) is 16.9 Å². The number of hydrogen-bond donors (Lipinski definition) is 0. The molecule has 1 saturated heterocycles. The number of amides is 1. The molecule has 9 heteroatoms. The lowest BCUT2D eigenvalue weighted by Crippen LogP contribution is -2.50. The zero-order valence-electron chi connectivity index (χ0n) is 20.6. The number of halogens is 2. The molecule has 0 atom stereocenters. The van der Waals surface area contributed by atoms with Crippen LogP contribution in [0.1, 0.15) is 20.8 Å². The Balaban J connectivity index is 1.49. The second kappa shape index (κ2) is 9.41. The second-order valence-electron chi connectivity index (χ2n) is 9.78. The summed E-state index contributed by atoms with van der Waals surface area (Å²) < 4.78 is 31.4. The quantitative estimate of drug-likeness (QED) is 0.288. The highest BCUT2D eigenvalue weighted by atomic mass is 35.5. The van der Waals surface area contributed by atoms with Crippen LogP contribution in [-0.4, -0.2) is 54.3 Å². The first-order chi connectivity index (χ1) is 17.2. The molecule has 3 aromatic carbocycles. The topological polar surface area (TPSA) is 54.9 Å². The highest BCUT2D eigenvalue weighted by Gasteiger charge is 2.28. The number of aromatic nitrogens is 1. The lowest BCUT2D eigenvalue weighted by atomic mass is 9.96. The third-order valence-electron chi connectivity index (χ3n) is 6.21. The van der Waals surface area contributed by atoms with E-state index in [1.165, 1.54) is 11.5 Å². The van der Waals surface area contributed by atoms with Gasteiger partial charge in [0.25, 0.3) is 0 Å². The molecule has 1 aliphatic heterocycles. The molecule has 0 bridgehead atoms. The van der Waals surface area contributed by atoms with Gasteiger partial charge < -0.3 is 19.3 Å². The van der Waals surface area contributed by atoms with Crippen LogP contribution in [-0.2, 0) is 4.74 Å². The summed E-state index contributed by atoms with van der Waals surface area (Å²) >= 11 is 7.99. The average molecular weight is 528 g/mol. The van der Waals surface area contributed by atoms with Crippen LogP contribution in [0.5, 0.6) is 5.75 Å². The molecule has 0 spiro atoms. The van der Waals surface area contributed by atoms with Crippen molar-refractivity contribution in [3.05, 3.63) is 53.3 Å². The summed E-state index contributed by atoms with van der Waals surface area (Å²) in [6, 6.07) is 13.3. The van der Waals surface area contributed by atoms with Crippen molar-refractivity contribution in [1.29, 1.82) is 0 Å². The average Bonchev–Trinajstić information content (AvgIpc) is 3.26. The number of ether oxygens (including phenoxy) is 2. The van der Waals surface area contributed by atoms with Gasteiger partial charge in [0.1, 0.15) is 21.9 Å². The number of hydrogen-bond acceptors (Lipinski definition) is 6. The number of nitrogens with zero attached hydrogens (tertiary/aromatic N) is 3. The molecule has 5 rings (SSSR count). The minimum Gasteiger partial charge on any atom is -0.497 e. The summed E-state index contributed by atoms with van der Waals surface area (Å²) in [6.45, 7) is 7.77. The molecule has 6 nitrogen and oxygen atoms in total. The van der Waals surface area contributed by atoms with Gasteiger partial charge in [-0.25, -0.2) is 9.18 Å². The molecule has 2 heterocycles. The van der Waals surface area contributed by atoms with Gasteiger partial charge in [-0.3, -0.25) is 0 Å². The van der Waals surface area contributed by atoms with E-state index in [1.807, 2.05) is 57.2 Å². The van der Waals surface area contributed by atoms with Crippen molar-refractivity contribution in [2.45, 2.75) is 26.4 Å². The van der Waals surface area contributed by atoms with E-state index in [1.54, 1.807) is 18.1 Å². The summed E-state index contributed by atoms with van der Waals surface area (Å²) in [7, 11) is 1.59. The fraction of sp³-hybridized carbons (Fsp3) is 0.333. The molecule has 0 unspecified atom stereocenters. The van der Waals surface area contributed by atoms with Crippen LogP contribution < -0.4 is 9.64 Å². The van der Waals surface area contributed by atoms with E-state index in [0.717, 1.165) is 15.8 Å². The molecule has 0 radical (unpaired) electrons. The molecule has 0 aliphatic carbocycles. The molecular formula is C27H27ClFN3O3S. The lowest BCUT2D eigenvalue weighted by Gasteiger charge is -2.36. The largest absolute Gasteiger partial charge is 0.497 e. The van der Waals surface area contributed by atoms with Gasteiger partial charge in [-0.05, 0) is 66.8 Å². The Kier molecular flexibility index (Phi) is 6.43. The van der Waals surface area contributed by atoms with Crippen LogP contribution in [0, 0.1) is 5.82 Å². The van der Waals surface area contributed by atoms with Crippen LogP contribution in [0.2, 0.25) is 5.02 Å². The third-order valence-corrected chi connectivity index (χ3v) is 7.43. The first kappa shape index (κ1) is 24.6. The number of methoxy groups -OCH3 is 1. The van der Waals surface area contributed by atoms with Crippen molar-refractivity contribution in [2.75, 3.05) is 38.2 Å². The maximum Gasteiger partial charge on any atom is 0.410 e. The second-order valence-corrected chi connectivity index (χ2v) is 10.9. The number of fused-ring (bicyclic) bond motifs is 2. The summed E-state index contributed by atoms with van der Waals surface area (Å²) in [4.78, 5) is 16.2. The Morgan fingerprint density at radius 1 is 1.08 bits per heavy atom. The van der Waals surface area contributed by atoms with Crippen LogP contribution in [0.3, 0.4) is 0 Å². The van der Waals surface area contributed by atoms with Gasteiger partial charge in [-0.15, -0.1) is 0 Å². The van der Waals surface area contributed by atoms with E-state index in [0.29, 0.717) is 53.5 Å². The summed E-state index contributed by atoms with van der Waals surface area (Å²) in [6.07, 6.45) is -0.319. The zero-order valence-corrected chi connectivity index (χ0v) is 22.2. The number of benzene rings is 3. The number of carbonyl (C=O) groups excluding carboxylic acids is 1. The van der Waals surface area contributed by atoms with E-state index in [9.17, 15) is 4.79 Å². The summed E-state index contributed by atoms with van der Waals surface area (Å²) in [5.41, 5.74) is 0.721. The number of rotatable bonds is 3. The monoisotopic (exact) mass is 527 g/mol.